The van der Waals surface area contributed by atoms with Crippen LogP contribution in [0.4, 0.5) is 22.0 Å². The standard InChI is InChI=1S/C12H10F5N3S/c1-2-18-4-3-5-19-20-12(21-5)6-7(13)9(15)11(17)10(16)8(6)14/h18H,2-4H2,1H3. The molecular formula is C12H10F5N3S. The van der Waals surface area contributed by atoms with Gasteiger partial charge < -0.3 is 5.32 Å². The van der Waals surface area contributed by atoms with Crippen LogP contribution in [0.15, 0.2) is 0 Å². The van der Waals surface area contributed by atoms with Crippen molar-refractivity contribution >= 4 is 11.3 Å². The van der Waals surface area contributed by atoms with Crippen LogP contribution in [0.3, 0.4) is 0 Å². The predicted molar refractivity (Wildman–Crippen MR) is 67.4 cm³/mol. The van der Waals surface area contributed by atoms with Crippen LogP contribution in [-0.2, 0) is 6.42 Å². The van der Waals surface area contributed by atoms with Crippen molar-refractivity contribution in [2.45, 2.75) is 13.3 Å². The lowest BCUT2D eigenvalue weighted by Crippen LogP contribution is -2.15. The number of nitrogens with zero attached hydrogens (tertiary/aromatic N) is 2. The summed E-state index contributed by atoms with van der Waals surface area (Å²) in [6.07, 6.45) is 0.445. The molecule has 3 nitrogen and oxygen atoms in total. The third kappa shape index (κ3) is 3.03. The maximum absolute atomic E-state index is 13.6. The van der Waals surface area contributed by atoms with Gasteiger partial charge in [0.2, 0.25) is 5.82 Å². The van der Waals surface area contributed by atoms with E-state index in [0.717, 1.165) is 17.9 Å². The van der Waals surface area contributed by atoms with Crippen molar-refractivity contribution < 1.29 is 22.0 Å². The van der Waals surface area contributed by atoms with E-state index in [1.54, 1.807) is 0 Å². The molecule has 0 saturated heterocycles. The molecule has 0 bridgehead atoms. The zero-order valence-electron chi connectivity index (χ0n) is 10.8. The summed E-state index contributed by atoms with van der Waals surface area (Å²) < 4.78 is 66.4. The van der Waals surface area contributed by atoms with Gasteiger partial charge in [0.1, 0.15) is 5.01 Å². The van der Waals surface area contributed by atoms with E-state index in [2.05, 4.69) is 15.5 Å². The van der Waals surface area contributed by atoms with Gasteiger partial charge in [-0.15, -0.1) is 10.2 Å². The number of benzene rings is 1. The van der Waals surface area contributed by atoms with Crippen LogP contribution < -0.4 is 5.32 Å². The van der Waals surface area contributed by atoms with Crippen LogP contribution in [0.25, 0.3) is 10.6 Å². The molecule has 0 spiro atoms. The highest BCUT2D eigenvalue weighted by molar-refractivity contribution is 7.14. The van der Waals surface area contributed by atoms with Crippen molar-refractivity contribution in [3.8, 4) is 10.6 Å². The summed E-state index contributed by atoms with van der Waals surface area (Å²) in [6.45, 7) is 3.21. The number of halogens is 5. The van der Waals surface area contributed by atoms with Gasteiger partial charge in [-0.2, -0.15) is 0 Å². The Labute approximate surface area is 120 Å². The zero-order chi connectivity index (χ0) is 15.6. The van der Waals surface area contributed by atoms with Gasteiger partial charge in [-0.1, -0.05) is 18.3 Å². The smallest absolute Gasteiger partial charge is 0.200 e. The highest BCUT2D eigenvalue weighted by atomic mass is 32.1. The Morgan fingerprint density at radius 2 is 1.48 bits per heavy atom. The molecule has 1 aromatic carbocycles. The summed E-state index contributed by atoms with van der Waals surface area (Å²) in [5, 5.41) is 10.3. The Morgan fingerprint density at radius 1 is 0.905 bits per heavy atom. The van der Waals surface area contributed by atoms with Crippen LogP contribution in [0, 0.1) is 29.1 Å². The molecule has 1 N–H and O–H groups in total. The van der Waals surface area contributed by atoms with Crippen molar-refractivity contribution in [2.24, 2.45) is 0 Å². The first-order chi connectivity index (χ1) is 9.97. The van der Waals surface area contributed by atoms with Gasteiger partial charge in [-0.05, 0) is 6.54 Å². The molecule has 0 unspecified atom stereocenters. The van der Waals surface area contributed by atoms with E-state index in [1.807, 2.05) is 6.92 Å². The summed E-state index contributed by atoms with van der Waals surface area (Å²) >= 11 is 0.790. The van der Waals surface area contributed by atoms with E-state index >= 15 is 0 Å². The SMILES string of the molecule is CCNCCc1nnc(-c2c(F)c(F)c(F)c(F)c2F)s1. The molecule has 21 heavy (non-hydrogen) atoms. The summed E-state index contributed by atoms with van der Waals surface area (Å²) in [5.74, 6) is -9.98. The van der Waals surface area contributed by atoms with E-state index in [0.29, 0.717) is 18.0 Å². The molecule has 0 atom stereocenters. The highest BCUT2D eigenvalue weighted by Crippen LogP contribution is 2.33. The van der Waals surface area contributed by atoms with Gasteiger partial charge in [-0.25, -0.2) is 22.0 Å². The summed E-state index contributed by atoms with van der Waals surface area (Å²) in [5.41, 5.74) is -1.04. The summed E-state index contributed by atoms with van der Waals surface area (Å²) in [4.78, 5) is 0. The average molecular weight is 323 g/mol. The van der Waals surface area contributed by atoms with Crippen molar-refractivity contribution in [3.63, 3.8) is 0 Å². The Hall–Kier alpha value is -1.61. The molecule has 0 amide bonds. The van der Waals surface area contributed by atoms with Gasteiger partial charge in [0.05, 0.1) is 5.56 Å². The Morgan fingerprint density at radius 3 is 2.05 bits per heavy atom. The first kappa shape index (κ1) is 15.8. The minimum atomic E-state index is -2.19. The number of nitrogens with one attached hydrogen (secondary N) is 1. The molecule has 0 saturated carbocycles. The topological polar surface area (TPSA) is 37.8 Å². The third-order valence-electron chi connectivity index (χ3n) is 2.66. The van der Waals surface area contributed by atoms with E-state index < -0.39 is 34.6 Å². The molecule has 0 aliphatic carbocycles. The second-order valence-electron chi connectivity index (χ2n) is 4.05. The van der Waals surface area contributed by atoms with Gasteiger partial charge in [0.25, 0.3) is 0 Å². The summed E-state index contributed by atoms with van der Waals surface area (Å²) in [6, 6.07) is 0. The van der Waals surface area contributed by atoms with Crippen LogP contribution >= 0.6 is 11.3 Å². The maximum Gasteiger partial charge on any atom is 0.200 e. The monoisotopic (exact) mass is 323 g/mol. The van der Waals surface area contributed by atoms with Crippen molar-refractivity contribution in [3.05, 3.63) is 34.1 Å². The fourth-order valence-corrected chi connectivity index (χ4v) is 2.49. The van der Waals surface area contributed by atoms with Crippen molar-refractivity contribution in [1.29, 1.82) is 0 Å². The van der Waals surface area contributed by atoms with Crippen LogP contribution in [-0.4, -0.2) is 23.3 Å². The number of aromatic nitrogens is 2. The number of hydrogen-bond donors (Lipinski definition) is 1. The van der Waals surface area contributed by atoms with Gasteiger partial charge in [-0.3, -0.25) is 0 Å². The minimum Gasteiger partial charge on any atom is -0.317 e. The Balaban J connectivity index is 2.39. The van der Waals surface area contributed by atoms with Crippen LogP contribution in [0.1, 0.15) is 11.9 Å². The summed E-state index contributed by atoms with van der Waals surface area (Å²) in [7, 11) is 0. The quantitative estimate of drug-likeness (QED) is 0.398. The highest BCUT2D eigenvalue weighted by Gasteiger charge is 2.28. The van der Waals surface area contributed by atoms with Gasteiger partial charge in [0, 0.05) is 13.0 Å². The molecule has 2 rings (SSSR count). The molecule has 114 valence electrons. The molecule has 1 heterocycles. The lowest BCUT2D eigenvalue weighted by molar-refractivity contribution is 0.381. The van der Waals surface area contributed by atoms with E-state index in [-0.39, 0.29) is 5.01 Å². The lowest BCUT2D eigenvalue weighted by atomic mass is 10.2. The fraction of sp³-hybridized carbons (Fsp3) is 0.333. The Kier molecular flexibility index (Phi) is 4.84. The largest absolute Gasteiger partial charge is 0.317 e. The van der Waals surface area contributed by atoms with Crippen LogP contribution in [0.5, 0.6) is 0 Å². The maximum atomic E-state index is 13.6. The first-order valence-electron chi connectivity index (χ1n) is 6.02. The van der Waals surface area contributed by atoms with E-state index in [9.17, 15) is 22.0 Å². The van der Waals surface area contributed by atoms with Crippen LogP contribution in [0.2, 0.25) is 0 Å². The molecule has 0 aliphatic rings. The van der Waals surface area contributed by atoms with Gasteiger partial charge in [0.15, 0.2) is 28.3 Å². The van der Waals surface area contributed by atoms with Crippen molar-refractivity contribution in [1.82, 2.24) is 15.5 Å². The molecule has 0 radical (unpaired) electrons. The zero-order valence-corrected chi connectivity index (χ0v) is 11.6. The first-order valence-corrected chi connectivity index (χ1v) is 6.83. The third-order valence-corrected chi connectivity index (χ3v) is 3.66. The number of rotatable bonds is 5. The van der Waals surface area contributed by atoms with E-state index in [1.165, 1.54) is 0 Å². The molecule has 1 aromatic heterocycles. The predicted octanol–water partition coefficient (Wildman–Crippen LogP) is 3.05. The van der Waals surface area contributed by atoms with E-state index in [4.69, 9.17) is 0 Å². The molecular weight excluding hydrogens is 313 g/mol. The lowest BCUT2D eigenvalue weighted by Gasteiger charge is -2.04. The molecule has 0 fully saturated rings. The average Bonchev–Trinajstić information content (AvgIpc) is 2.92. The van der Waals surface area contributed by atoms with Crippen molar-refractivity contribution in [2.75, 3.05) is 13.1 Å². The normalized spacial score (nSPS) is 11.1. The Bertz CT molecular complexity index is 630. The molecule has 0 aliphatic heterocycles. The number of likely N-dealkylation sites (N-methyl/N-ethyl adjacent to an activating group) is 1. The second kappa shape index (κ2) is 6.44. The molecule has 9 heteroatoms. The van der Waals surface area contributed by atoms with Gasteiger partial charge >= 0.3 is 0 Å². The second-order valence-corrected chi connectivity index (χ2v) is 5.11. The fourth-order valence-electron chi connectivity index (χ4n) is 1.62. The number of hydrogen-bond acceptors (Lipinski definition) is 4. The minimum absolute atomic E-state index is 0.339. The molecule has 2 aromatic rings.